The van der Waals surface area contributed by atoms with Gasteiger partial charge in [-0.15, -0.1) is 4.73 Å². The van der Waals surface area contributed by atoms with Crippen LogP contribution in [-0.4, -0.2) is 16.3 Å². The van der Waals surface area contributed by atoms with Crippen LogP contribution < -0.4 is 10.4 Å². The highest BCUT2D eigenvalue weighted by atomic mass is 16.7. The van der Waals surface area contributed by atoms with E-state index in [0.29, 0.717) is 12.0 Å². The Bertz CT molecular complexity index is 793. The van der Waals surface area contributed by atoms with Crippen LogP contribution in [0.3, 0.4) is 0 Å². The average molecular weight is 254 g/mol. The minimum atomic E-state index is -0.157. The van der Waals surface area contributed by atoms with Gasteiger partial charge in [0.15, 0.2) is 0 Å². The first-order valence-corrected chi connectivity index (χ1v) is 6.34. The third-order valence-corrected chi connectivity index (χ3v) is 3.03. The molecule has 96 valence electrons. The van der Waals surface area contributed by atoms with Crippen molar-refractivity contribution in [2.24, 2.45) is 0 Å². The van der Waals surface area contributed by atoms with Gasteiger partial charge in [-0.3, -0.25) is 9.78 Å². The first kappa shape index (κ1) is 11.7. The number of pyridine rings is 2. The largest absolute Gasteiger partial charge is 0.410 e. The van der Waals surface area contributed by atoms with E-state index in [1.165, 1.54) is 4.73 Å². The summed E-state index contributed by atoms with van der Waals surface area (Å²) in [5.74, 6) is 0. The van der Waals surface area contributed by atoms with E-state index in [1.54, 1.807) is 18.3 Å². The van der Waals surface area contributed by atoms with Gasteiger partial charge < -0.3 is 4.84 Å². The fourth-order valence-electron chi connectivity index (χ4n) is 2.17. The molecule has 0 aliphatic heterocycles. The van der Waals surface area contributed by atoms with Crippen LogP contribution in [0.15, 0.2) is 47.4 Å². The molecule has 0 saturated carbocycles. The Balaban J connectivity index is 2.44. The van der Waals surface area contributed by atoms with Crippen LogP contribution in [0.2, 0.25) is 0 Å². The summed E-state index contributed by atoms with van der Waals surface area (Å²) in [6.07, 6.45) is 2.55. The zero-order valence-corrected chi connectivity index (χ0v) is 10.7. The summed E-state index contributed by atoms with van der Waals surface area (Å²) in [7, 11) is 0. The minimum Gasteiger partial charge on any atom is -0.410 e. The summed E-state index contributed by atoms with van der Waals surface area (Å²) in [6, 6.07) is 11.2. The monoisotopic (exact) mass is 254 g/mol. The molecule has 0 atom stereocenters. The number of fused-ring (bicyclic) bond motifs is 3. The maximum Gasteiger partial charge on any atom is 0.293 e. The number of para-hydroxylation sites is 1. The lowest BCUT2D eigenvalue weighted by Crippen LogP contribution is -2.28. The van der Waals surface area contributed by atoms with E-state index >= 15 is 0 Å². The molecule has 0 aliphatic rings. The van der Waals surface area contributed by atoms with Crippen LogP contribution in [0.5, 0.6) is 0 Å². The van der Waals surface area contributed by atoms with Crippen molar-refractivity contribution in [3.63, 3.8) is 0 Å². The molecule has 0 unspecified atom stereocenters. The Morgan fingerprint density at radius 2 is 1.95 bits per heavy atom. The Hall–Kier alpha value is -2.36. The van der Waals surface area contributed by atoms with Crippen molar-refractivity contribution >= 4 is 21.8 Å². The fraction of sp³-hybridized carbons (Fsp3) is 0.200. The van der Waals surface area contributed by atoms with Crippen LogP contribution >= 0.6 is 0 Å². The predicted molar refractivity (Wildman–Crippen MR) is 75.2 cm³/mol. The van der Waals surface area contributed by atoms with Gasteiger partial charge in [0.05, 0.1) is 16.4 Å². The van der Waals surface area contributed by atoms with Crippen molar-refractivity contribution in [1.82, 2.24) is 9.71 Å². The molecule has 0 radical (unpaired) electrons. The Morgan fingerprint density at radius 1 is 1.16 bits per heavy atom. The van der Waals surface area contributed by atoms with E-state index in [4.69, 9.17) is 4.84 Å². The van der Waals surface area contributed by atoms with Gasteiger partial charge in [0.1, 0.15) is 6.61 Å². The number of nitrogens with zero attached hydrogens (tertiary/aromatic N) is 2. The normalized spacial score (nSPS) is 11.0. The Morgan fingerprint density at radius 3 is 2.79 bits per heavy atom. The highest BCUT2D eigenvalue weighted by Gasteiger charge is 2.11. The third-order valence-electron chi connectivity index (χ3n) is 3.03. The van der Waals surface area contributed by atoms with Gasteiger partial charge in [-0.2, -0.15) is 0 Å². The lowest BCUT2D eigenvalue weighted by Gasteiger charge is -2.12. The number of benzene rings is 1. The number of aromatic nitrogens is 2. The topological polar surface area (TPSA) is 44.1 Å². The van der Waals surface area contributed by atoms with Gasteiger partial charge >= 0.3 is 0 Å². The summed E-state index contributed by atoms with van der Waals surface area (Å²) in [5, 5.41) is 1.51. The fourth-order valence-corrected chi connectivity index (χ4v) is 2.17. The summed E-state index contributed by atoms with van der Waals surface area (Å²) in [5.41, 5.74) is 1.32. The second kappa shape index (κ2) is 4.72. The Kier molecular flexibility index (Phi) is 2.91. The Labute approximate surface area is 110 Å². The molecule has 2 aromatic heterocycles. The van der Waals surface area contributed by atoms with Crippen LogP contribution in [-0.2, 0) is 0 Å². The van der Waals surface area contributed by atoms with E-state index in [1.807, 2.05) is 31.2 Å². The predicted octanol–water partition coefficient (Wildman–Crippen LogP) is 2.39. The second-order valence-corrected chi connectivity index (χ2v) is 4.35. The van der Waals surface area contributed by atoms with Crippen molar-refractivity contribution in [3.8, 4) is 0 Å². The first-order valence-electron chi connectivity index (χ1n) is 6.34. The second-order valence-electron chi connectivity index (χ2n) is 4.35. The molecular weight excluding hydrogens is 240 g/mol. The van der Waals surface area contributed by atoms with E-state index in [0.717, 1.165) is 22.8 Å². The van der Waals surface area contributed by atoms with E-state index in [2.05, 4.69) is 4.98 Å². The molecule has 0 amide bonds. The molecule has 19 heavy (non-hydrogen) atoms. The van der Waals surface area contributed by atoms with Crippen molar-refractivity contribution in [2.45, 2.75) is 13.3 Å². The number of rotatable bonds is 3. The molecule has 1 aromatic carbocycles. The van der Waals surface area contributed by atoms with Crippen LogP contribution in [0.4, 0.5) is 0 Å². The number of hydrogen-bond acceptors (Lipinski definition) is 3. The standard InChI is InChI=1S/C15H14N2O2/c1-2-10-19-17-13-8-4-3-6-11(13)14-12(15(17)18)7-5-9-16-14/h3-9H,2,10H2,1H3. The average Bonchev–Trinajstić information content (AvgIpc) is 2.47. The summed E-state index contributed by atoms with van der Waals surface area (Å²) >= 11 is 0. The summed E-state index contributed by atoms with van der Waals surface area (Å²) in [6.45, 7) is 2.52. The SMILES string of the molecule is CCCOn1c(=O)c2cccnc2c2ccccc21. The first-order chi connectivity index (χ1) is 9.33. The molecule has 0 fully saturated rings. The minimum absolute atomic E-state index is 0.157. The van der Waals surface area contributed by atoms with Gasteiger partial charge in [-0.25, -0.2) is 0 Å². The molecule has 0 bridgehead atoms. The van der Waals surface area contributed by atoms with Gasteiger partial charge in [0, 0.05) is 11.6 Å². The molecule has 4 nitrogen and oxygen atoms in total. The molecule has 0 aliphatic carbocycles. The van der Waals surface area contributed by atoms with Crippen molar-refractivity contribution < 1.29 is 4.84 Å². The van der Waals surface area contributed by atoms with E-state index in [9.17, 15) is 4.79 Å². The molecule has 4 heteroatoms. The molecule has 2 heterocycles. The van der Waals surface area contributed by atoms with Crippen molar-refractivity contribution in [3.05, 3.63) is 52.9 Å². The molecule has 3 aromatic rings. The van der Waals surface area contributed by atoms with E-state index < -0.39 is 0 Å². The van der Waals surface area contributed by atoms with Gasteiger partial charge in [0.25, 0.3) is 5.56 Å². The van der Waals surface area contributed by atoms with E-state index in [-0.39, 0.29) is 5.56 Å². The maximum atomic E-state index is 12.4. The van der Waals surface area contributed by atoms with Gasteiger partial charge in [0.2, 0.25) is 0 Å². The van der Waals surface area contributed by atoms with Crippen LogP contribution in [0.1, 0.15) is 13.3 Å². The molecule has 3 rings (SSSR count). The smallest absolute Gasteiger partial charge is 0.293 e. The maximum absolute atomic E-state index is 12.4. The highest BCUT2D eigenvalue weighted by molar-refractivity contribution is 6.02. The lowest BCUT2D eigenvalue weighted by atomic mass is 10.1. The quantitative estimate of drug-likeness (QED) is 0.674. The zero-order chi connectivity index (χ0) is 13.2. The molecular formula is C15H14N2O2. The van der Waals surface area contributed by atoms with Crippen molar-refractivity contribution in [2.75, 3.05) is 6.61 Å². The van der Waals surface area contributed by atoms with Gasteiger partial charge in [-0.05, 0) is 24.6 Å². The van der Waals surface area contributed by atoms with Crippen molar-refractivity contribution in [1.29, 1.82) is 0 Å². The third kappa shape index (κ3) is 1.85. The summed E-state index contributed by atoms with van der Waals surface area (Å²) in [4.78, 5) is 22.4. The molecule has 0 saturated heterocycles. The van der Waals surface area contributed by atoms with Crippen LogP contribution in [0, 0.1) is 0 Å². The zero-order valence-electron chi connectivity index (χ0n) is 10.7. The number of hydrogen-bond donors (Lipinski definition) is 0. The van der Waals surface area contributed by atoms with Crippen LogP contribution in [0.25, 0.3) is 21.8 Å². The highest BCUT2D eigenvalue weighted by Crippen LogP contribution is 2.19. The molecule has 0 spiro atoms. The van der Waals surface area contributed by atoms with Gasteiger partial charge in [-0.1, -0.05) is 25.1 Å². The summed E-state index contributed by atoms with van der Waals surface area (Å²) < 4.78 is 1.38. The lowest BCUT2D eigenvalue weighted by molar-refractivity contribution is 0.114. The molecule has 0 N–H and O–H groups in total.